The van der Waals surface area contributed by atoms with E-state index in [1.807, 2.05) is 26.0 Å². The lowest BCUT2D eigenvalue weighted by molar-refractivity contribution is -0.340. The summed E-state index contributed by atoms with van der Waals surface area (Å²) in [5.74, 6) is -1.19. The quantitative estimate of drug-likeness (QED) is 0.228. The number of aliphatic hydroxyl groups is 2. The molecule has 3 saturated heterocycles. The van der Waals surface area contributed by atoms with Gasteiger partial charge >= 0.3 is 12.1 Å². The topological polar surface area (TPSA) is 151 Å². The Morgan fingerprint density at radius 1 is 1.11 bits per heavy atom. The molecule has 6 aliphatic rings. The lowest BCUT2D eigenvalue weighted by atomic mass is 9.70. The third kappa shape index (κ3) is 7.47. The Labute approximate surface area is 317 Å². The van der Waals surface area contributed by atoms with Gasteiger partial charge in [-0.25, -0.2) is 4.79 Å². The van der Waals surface area contributed by atoms with Crippen LogP contribution >= 0.6 is 0 Å². The van der Waals surface area contributed by atoms with Crippen LogP contribution < -0.4 is 14.8 Å². The smallest absolute Gasteiger partial charge is 0.412 e. The number of allylic oxidation sites excluding steroid dienone is 2. The number of anilines is 1. The molecule has 2 bridgehead atoms. The van der Waals surface area contributed by atoms with Gasteiger partial charge in [0.2, 0.25) is 6.79 Å². The van der Waals surface area contributed by atoms with Crippen LogP contribution in [0.25, 0.3) is 0 Å². The Balaban J connectivity index is 1.20. The number of nitrogens with one attached hydrogen (secondary N) is 1. The number of rotatable bonds is 4. The minimum Gasteiger partial charge on any atom is -0.462 e. The summed E-state index contributed by atoms with van der Waals surface area (Å²) < 4.78 is 43.0. The minimum absolute atomic E-state index is 0.00337. The fourth-order valence-corrected chi connectivity index (χ4v) is 8.93. The van der Waals surface area contributed by atoms with Gasteiger partial charge in [0.15, 0.2) is 23.4 Å². The minimum atomic E-state index is -1.90. The first-order valence-electron chi connectivity index (χ1n) is 19.5. The predicted octanol–water partition coefficient (Wildman–Crippen LogP) is 6.52. The number of hydrogen-bond acceptors (Lipinski definition) is 11. The molecule has 1 aliphatic carbocycles. The van der Waals surface area contributed by atoms with Crippen LogP contribution in [0.4, 0.5) is 10.5 Å². The van der Waals surface area contributed by atoms with E-state index in [2.05, 4.69) is 26.1 Å². The van der Waals surface area contributed by atoms with Gasteiger partial charge in [0, 0.05) is 36.9 Å². The van der Waals surface area contributed by atoms with Crippen molar-refractivity contribution >= 4 is 17.7 Å². The zero-order valence-corrected chi connectivity index (χ0v) is 32.1. The van der Waals surface area contributed by atoms with Gasteiger partial charge in [-0.3, -0.25) is 10.1 Å². The fourth-order valence-electron chi connectivity index (χ4n) is 8.93. The monoisotopic (exact) mass is 749 g/mol. The molecule has 1 aromatic rings. The van der Waals surface area contributed by atoms with Crippen LogP contribution in [0.5, 0.6) is 11.5 Å². The molecule has 3 N–H and O–H groups in total. The third-order valence-corrected chi connectivity index (χ3v) is 12.3. The molecule has 12 heteroatoms. The van der Waals surface area contributed by atoms with E-state index in [0.29, 0.717) is 65.9 Å². The molecule has 5 heterocycles. The lowest BCUT2D eigenvalue weighted by Crippen LogP contribution is -2.59. The van der Waals surface area contributed by atoms with Crippen molar-refractivity contribution in [2.45, 2.75) is 128 Å². The number of hydrogen-bond donors (Lipinski definition) is 3. The van der Waals surface area contributed by atoms with E-state index < -0.39 is 53.8 Å². The number of fused-ring (bicyclic) bond motifs is 3. The molecule has 0 saturated carbocycles. The van der Waals surface area contributed by atoms with Crippen molar-refractivity contribution in [3.63, 3.8) is 0 Å². The molecule has 0 unspecified atom stereocenters. The second-order valence-electron chi connectivity index (χ2n) is 16.2. The molecular weight excluding hydrogens is 694 g/mol. The summed E-state index contributed by atoms with van der Waals surface area (Å²) in [5, 5.41) is 26.7. The molecular formula is C42H55NO11. The average molecular weight is 750 g/mol. The van der Waals surface area contributed by atoms with Crippen molar-refractivity contribution < 1.29 is 53.0 Å². The van der Waals surface area contributed by atoms with Crippen molar-refractivity contribution in [1.29, 1.82) is 0 Å². The molecule has 1 spiro atoms. The molecule has 1 amide bonds. The fraction of sp³-hybridized carbons (Fsp3) is 0.619. The zero-order chi connectivity index (χ0) is 38.4. The highest BCUT2D eigenvalue weighted by molar-refractivity contribution is 5.86. The molecule has 294 valence electrons. The van der Waals surface area contributed by atoms with E-state index in [1.165, 1.54) is 0 Å². The van der Waals surface area contributed by atoms with Crippen LogP contribution in [0.15, 0.2) is 65.3 Å². The highest BCUT2D eigenvalue weighted by Crippen LogP contribution is 2.48. The number of ether oxygens (including phenoxy) is 7. The number of aliphatic hydroxyl groups excluding tert-OH is 1. The Hall–Kier alpha value is -3.68. The largest absolute Gasteiger partial charge is 0.462 e. The molecule has 12 nitrogen and oxygen atoms in total. The normalized spacial score (nSPS) is 40.9. The van der Waals surface area contributed by atoms with E-state index in [-0.39, 0.29) is 31.5 Å². The number of carbonyl (C=O) groups excluding carboxylic acids is 2. The van der Waals surface area contributed by atoms with Gasteiger partial charge in [-0.15, -0.1) is 0 Å². The third-order valence-electron chi connectivity index (χ3n) is 12.3. The summed E-state index contributed by atoms with van der Waals surface area (Å²) in [6.45, 7) is 12.2. The van der Waals surface area contributed by atoms with Gasteiger partial charge < -0.3 is 43.4 Å². The first-order chi connectivity index (χ1) is 25.8. The van der Waals surface area contributed by atoms with Crippen LogP contribution in [0.1, 0.15) is 80.1 Å². The molecule has 1 aromatic carbocycles. The van der Waals surface area contributed by atoms with Crippen LogP contribution in [-0.4, -0.2) is 83.7 Å². The Morgan fingerprint density at radius 2 is 1.91 bits per heavy atom. The second kappa shape index (κ2) is 15.5. The van der Waals surface area contributed by atoms with Crippen molar-refractivity contribution in [3.05, 3.63) is 65.3 Å². The standard InChI is InChI=1S/C42H55NO11/c1-7-23(2)36-26(5)15-16-41(54-36)20-31-19-30(53-41)13-11-25(4)35(44)24(3)9-8-10-28-21-48-38-37(27(6)17-32(39(45)51-31)42(28,38)47)52-40(46)43-29-12-14-33-34(18-29)50-22-49-33/h8-12,14,17-18,23-24,26,30-32,35-38,44,47H,7,13,15-16,19-22H2,1-6H3,(H,43,46)/b9-8+,25-11+,28-10+/t23-,24-,26-,30+,31-,32-,35-,36+,37+,38+,41+,42+/m0/s1. The van der Waals surface area contributed by atoms with Crippen LogP contribution in [0.3, 0.4) is 0 Å². The van der Waals surface area contributed by atoms with E-state index in [4.69, 9.17) is 33.2 Å². The molecule has 7 rings (SSSR count). The Bertz CT molecular complexity index is 1710. The average Bonchev–Trinajstić information content (AvgIpc) is 3.75. The molecule has 5 aliphatic heterocycles. The maximum Gasteiger partial charge on any atom is 0.412 e. The van der Waals surface area contributed by atoms with Crippen LogP contribution in [0, 0.1) is 23.7 Å². The molecule has 3 fully saturated rings. The predicted molar refractivity (Wildman–Crippen MR) is 199 cm³/mol. The van der Waals surface area contributed by atoms with E-state index in [9.17, 15) is 19.8 Å². The molecule has 0 aromatic heterocycles. The van der Waals surface area contributed by atoms with Crippen molar-refractivity contribution in [2.75, 3.05) is 18.7 Å². The lowest BCUT2D eigenvalue weighted by Gasteiger charge is -2.51. The number of benzene rings is 1. The summed E-state index contributed by atoms with van der Waals surface area (Å²) in [7, 11) is 0. The van der Waals surface area contributed by atoms with E-state index in [0.717, 1.165) is 18.4 Å². The summed E-state index contributed by atoms with van der Waals surface area (Å²) in [6, 6.07) is 5.00. The SMILES string of the molecule is CC[C@H](C)[C@H]1O[C@]2(CC[C@@H]1C)C[C@@H]1C[C@@H](C/C=C(\C)[C@@H](O)[C@@H](C)/C=C/C=C3\CO[C@@H]4[C@H](OC(=O)Nc5ccc6c(c5)OCO6)C(C)=C[C@@H](C(=O)O1)[C@]34O)O2. The first kappa shape index (κ1) is 38.6. The summed E-state index contributed by atoms with van der Waals surface area (Å²) >= 11 is 0. The maximum absolute atomic E-state index is 14.5. The highest BCUT2D eigenvalue weighted by atomic mass is 16.7. The first-order valence-corrected chi connectivity index (χ1v) is 19.5. The maximum atomic E-state index is 14.5. The second-order valence-corrected chi connectivity index (χ2v) is 16.2. The summed E-state index contributed by atoms with van der Waals surface area (Å²) in [4.78, 5) is 27.8. The van der Waals surface area contributed by atoms with E-state index in [1.54, 1.807) is 43.4 Å². The Kier molecular flexibility index (Phi) is 11.0. The molecule has 54 heavy (non-hydrogen) atoms. The van der Waals surface area contributed by atoms with Crippen LogP contribution in [-0.2, 0) is 28.5 Å². The van der Waals surface area contributed by atoms with Crippen molar-refractivity contribution in [3.8, 4) is 11.5 Å². The molecule has 0 radical (unpaired) electrons. The van der Waals surface area contributed by atoms with Gasteiger partial charge in [0.1, 0.15) is 23.7 Å². The van der Waals surface area contributed by atoms with Crippen LogP contribution in [0.2, 0.25) is 0 Å². The number of carbonyl (C=O) groups is 2. The summed E-state index contributed by atoms with van der Waals surface area (Å²) in [6.07, 6.45) is 8.32. The number of amides is 1. The summed E-state index contributed by atoms with van der Waals surface area (Å²) in [5.41, 5.74) is 0.320. The zero-order valence-electron chi connectivity index (χ0n) is 32.1. The van der Waals surface area contributed by atoms with Gasteiger partial charge in [-0.1, -0.05) is 64.5 Å². The highest BCUT2D eigenvalue weighted by Gasteiger charge is 2.61. The van der Waals surface area contributed by atoms with Gasteiger partial charge in [0.05, 0.1) is 24.9 Å². The Morgan fingerprint density at radius 3 is 2.70 bits per heavy atom. The van der Waals surface area contributed by atoms with Crippen molar-refractivity contribution in [2.24, 2.45) is 23.7 Å². The van der Waals surface area contributed by atoms with Crippen molar-refractivity contribution in [1.82, 2.24) is 0 Å². The molecule has 12 atom stereocenters. The van der Waals surface area contributed by atoms with E-state index >= 15 is 0 Å². The van der Waals surface area contributed by atoms with Gasteiger partial charge in [0.25, 0.3) is 0 Å². The number of esters is 1. The van der Waals surface area contributed by atoms with Gasteiger partial charge in [-0.05, 0) is 67.4 Å². The van der Waals surface area contributed by atoms with Gasteiger partial charge in [-0.2, -0.15) is 0 Å².